The summed E-state index contributed by atoms with van der Waals surface area (Å²) in [5.41, 5.74) is 1.26. The first-order chi connectivity index (χ1) is 9.35. The summed E-state index contributed by atoms with van der Waals surface area (Å²) in [4.78, 5) is 1.23. The fraction of sp³-hybridized carbons (Fsp3) is 0.625. The highest BCUT2D eigenvalue weighted by molar-refractivity contribution is 8.00. The van der Waals surface area contributed by atoms with E-state index in [9.17, 15) is 0 Å². The molecule has 0 amide bonds. The van der Waals surface area contributed by atoms with Crippen LogP contribution in [0.1, 0.15) is 39.7 Å². The lowest BCUT2D eigenvalue weighted by molar-refractivity contribution is 0.127. The first-order valence-electron chi connectivity index (χ1n) is 7.17. The Balaban J connectivity index is 1.98. The first-order valence-corrected chi connectivity index (χ1v) is 8.42. The summed E-state index contributed by atoms with van der Waals surface area (Å²) >= 11 is 8.27. The van der Waals surface area contributed by atoms with Crippen LogP contribution in [0.5, 0.6) is 0 Å². The zero-order chi connectivity index (χ0) is 14.8. The van der Waals surface area contributed by atoms with Gasteiger partial charge in [0.1, 0.15) is 0 Å². The van der Waals surface area contributed by atoms with Crippen LogP contribution in [0.15, 0.2) is 23.1 Å². The number of thioether (sulfide) groups is 1. The Morgan fingerprint density at radius 3 is 2.70 bits per heavy atom. The zero-order valence-corrected chi connectivity index (χ0v) is 14.3. The number of benzene rings is 1. The second-order valence-corrected chi connectivity index (χ2v) is 8.10. The minimum absolute atomic E-state index is 0.105. The summed E-state index contributed by atoms with van der Waals surface area (Å²) in [5.74, 6) is 0. The SMILES string of the molecule is CC1OCCC1Sc1ccc(CNC(C)(C)C)c(Cl)c1. The van der Waals surface area contributed by atoms with Crippen LogP contribution < -0.4 is 5.32 Å². The van der Waals surface area contributed by atoms with Crippen molar-refractivity contribution in [3.8, 4) is 0 Å². The lowest BCUT2D eigenvalue weighted by Crippen LogP contribution is -2.35. The fourth-order valence-electron chi connectivity index (χ4n) is 2.15. The Bertz CT molecular complexity index is 458. The first kappa shape index (κ1) is 16.2. The molecule has 1 N–H and O–H groups in total. The largest absolute Gasteiger partial charge is 0.377 e. The summed E-state index contributed by atoms with van der Waals surface area (Å²) in [6.45, 7) is 10.3. The van der Waals surface area contributed by atoms with E-state index in [1.165, 1.54) is 4.90 Å². The quantitative estimate of drug-likeness (QED) is 0.884. The molecule has 4 heteroatoms. The molecule has 1 aliphatic rings. The Hall–Kier alpha value is -0.220. The molecule has 112 valence electrons. The number of hydrogen-bond acceptors (Lipinski definition) is 3. The Labute approximate surface area is 131 Å². The molecule has 0 aromatic heterocycles. The Kier molecular flexibility index (Phi) is 5.41. The molecule has 2 rings (SSSR count). The maximum Gasteiger partial charge on any atom is 0.0669 e. The van der Waals surface area contributed by atoms with E-state index in [2.05, 4.69) is 51.2 Å². The molecule has 0 saturated carbocycles. The third-order valence-electron chi connectivity index (χ3n) is 3.43. The molecule has 1 heterocycles. The second-order valence-electron chi connectivity index (χ2n) is 6.38. The standard InChI is InChI=1S/C16H24ClNOS/c1-11-15(7-8-19-11)20-13-6-5-12(14(17)9-13)10-18-16(2,3)4/h5-6,9,11,15,18H,7-8,10H2,1-4H3. The highest BCUT2D eigenvalue weighted by Gasteiger charge is 2.25. The molecular formula is C16H24ClNOS. The van der Waals surface area contributed by atoms with Crippen molar-refractivity contribution in [2.75, 3.05) is 6.61 Å². The molecular weight excluding hydrogens is 290 g/mol. The van der Waals surface area contributed by atoms with E-state index in [1.807, 2.05) is 11.8 Å². The van der Waals surface area contributed by atoms with Gasteiger partial charge in [0.25, 0.3) is 0 Å². The van der Waals surface area contributed by atoms with Gasteiger partial charge in [-0.1, -0.05) is 17.7 Å². The minimum atomic E-state index is 0.105. The third-order valence-corrected chi connectivity index (χ3v) is 5.23. The lowest BCUT2D eigenvalue weighted by atomic mass is 10.1. The van der Waals surface area contributed by atoms with Gasteiger partial charge in [0.2, 0.25) is 0 Å². The van der Waals surface area contributed by atoms with Crippen LogP contribution in [0, 0.1) is 0 Å². The van der Waals surface area contributed by atoms with Crippen molar-refractivity contribution in [2.24, 2.45) is 0 Å². The summed E-state index contributed by atoms with van der Waals surface area (Å²) in [6.07, 6.45) is 1.46. The highest BCUT2D eigenvalue weighted by Crippen LogP contribution is 2.34. The number of ether oxygens (including phenoxy) is 1. The molecule has 1 aromatic carbocycles. The van der Waals surface area contributed by atoms with Crippen LogP contribution in [0.4, 0.5) is 0 Å². The molecule has 2 atom stereocenters. The van der Waals surface area contributed by atoms with E-state index in [0.29, 0.717) is 11.4 Å². The van der Waals surface area contributed by atoms with Crippen LogP contribution in [-0.4, -0.2) is 23.5 Å². The lowest BCUT2D eigenvalue weighted by Gasteiger charge is -2.21. The smallest absolute Gasteiger partial charge is 0.0669 e. The van der Waals surface area contributed by atoms with Crippen molar-refractivity contribution >= 4 is 23.4 Å². The molecule has 2 nitrogen and oxygen atoms in total. The zero-order valence-electron chi connectivity index (χ0n) is 12.7. The van der Waals surface area contributed by atoms with E-state index in [-0.39, 0.29) is 5.54 Å². The minimum Gasteiger partial charge on any atom is -0.377 e. The predicted molar refractivity (Wildman–Crippen MR) is 87.7 cm³/mol. The van der Waals surface area contributed by atoms with Crippen LogP contribution in [0.3, 0.4) is 0 Å². The summed E-state index contributed by atoms with van der Waals surface area (Å²) < 4.78 is 5.60. The molecule has 1 saturated heterocycles. The van der Waals surface area contributed by atoms with Crippen LogP contribution in [0.25, 0.3) is 0 Å². The topological polar surface area (TPSA) is 21.3 Å². The van der Waals surface area contributed by atoms with Gasteiger partial charge < -0.3 is 10.1 Å². The molecule has 0 aliphatic carbocycles. The fourth-order valence-corrected chi connectivity index (χ4v) is 3.63. The molecule has 1 aromatic rings. The van der Waals surface area contributed by atoms with E-state index in [1.54, 1.807) is 0 Å². The van der Waals surface area contributed by atoms with Crippen molar-refractivity contribution in [3.05, 3.63) is 28.8 Å². The summed E-state index contributed by atoms with van der Waals surface area (Å²) in [6, 6.07) is 6.38. The average Bonchev–Trinajstić information content (AvgIpc) is 2.73. The van der Waals surface area contributed by atoms with Crippen molar-refractivity contribution in [2.45, 2.75) is 62.4 Å². The van der Waals surface area contributed by atoms with E-state index in [0.717, 1.165) is 30.2 Å². The maximum atomic E-state index is 6.40. The van der Waals surface area contributed by atoms with Crippen LogP contribution >= 0.6 is 23.4 Å². The number of nitrogens with one attached hydrogen (secondary N) is 1. The average molecular weight is 314 g/mol. The number of halogens is 1. The normalized spacial score (nSPS) is 23.2. The molecule has 0 radical (unpaired) electrons. The highest BCUT2D eigenvalue weighted by atomic mass is 35.5. The maximum absolute atomic E-state index is 6.40. The van der Waals surface area contributed by atoms with Gasteiger partial charge in [-0.2, -0.15) is 0 Å². The molecule has 0 bridgehead atoms. The van der Waals surface area contributed by atoms with Gasteiger partial charge in [0.05, 0.1) is 6.10 Å². The molecule has 1 fully saturated rings. The van der Waals surface area contributed by atoms with Crippen LogP contribution in [-0.2, 0) is 11.3 Å². The van der Waals surface area contributed by atoms with Crippen molar-refractivity contribution < 1.29 is 4.74 Å². The summed E-state index contributed by atoms with van der Waals surface area (Å²) in [5, 5.41) is 4.86. The predicted octanol–water partition coefficient (Wildman–Crippen LogP) is 4.50. The van der Waals surface area contributed by atoms with Crippen molar-refractivity contribution in [1.29, 1.82) is 0 Å². The van der Waals surface area contributed by atoms with Gasteiger partial charge in [0.15, 0.2) is 0 Å². The third kappa shape index (κ3) is 4.66. The van der Waals surface area contributed by atoms with Crippen LogP contribution in [0.2, 0.25) is 5.02 Å². The van der Waals surface area contributed by atoms with Crippen molar-refractivity contribution in [1.82, 2.24) is 5.32 Å². The van der Waals surface area contributed by atoms with Crippen molar-refractivity contribution in [3.63, 3.8) is 0 Å². The monoisotopic (exact) mass is 313 g/mol. The Morgan fingerprint density at radius 2 is 2.15 bits per heavy atom. The van der Waals surface area contributed by atoms with E-state index in [4.69, 9.17) is 16.3 Å². The number of rotatable bonds is 4. The summed E-state index contributed by atoms with van der Waals surface area (Å²) in [7, 11) is 0. The van der Waals surface area contributed by atoms with Gasteiger partial charge in [-0.05, 0) is 51.8 Å². The van der Waals surface area contributed by atoms with Gasteiger partial charge in [-0.3, -0.25) is 0 Å². The second kappa shape index (κ2) is 6.69. The van der Waals surface area contributed by atoms with Gasteiger partial charge in [-0.25, -0.2) is 0 Å². The molecule has 1 aliphatic heterocycles. The Morgan fingerprint density at radius 1 is 1.40 bits per heavy atom. The number of hydrogen-bond donors (Lipinski definition) is 1. The van der Waals surface area contributed by atoms with Gasteiger partial charge in [0, 0.05) is 33.9 Å². The van der Waals surface area contributed by atoms with Gasteiger partial charge in [-0.15, -0.1) is 11.8 Å². The van der Waals surface area contributed by atoms with Gasteiger partial charge >= 0.3 is 0 Å². The van der Waals surface area contributed by atoms with E-state index < -0.39 is 0 Å². The van der Waals surface area contributed by atoms with E-state index >= 15 is 0 Å². The molecule has 2 unspecified atom stereocenters. The molecule has 0 spiro atoms. The molecule has 20 heavy (non-hydrogen) atoms.